The fourth-order valence-electron chi connectivity index (χ4n) is 1.04. The van der Waals surface area contributed by atoms with Crippen LogP contribution in [0.4, 0.5) is 0 Å². The van der Waals surface area contributed by atoms with Crippen molar-refractivity contribution in [2.45, 2.75) is 19.8 Å². The molecule has 8 nitrogen and oxygen atoms in total. The van der Waals surface area contributed by atoms with Gasteiger partial charge in [-0.25, -0.2) is 0 Å². The predicted molar refractivity (Wildman–Crippen MR) is 70.2 cm³/mol. The normalized spacial score (nSPS) is 8.39. The molecule has 0 saturated heterocycles. The number of aliphatic carboxylic acids is 2. The number of carboxylic acids is 4. The van der Waals surface area contributed by atoms with Crippen molar-refractivity contribution in [3.05, 3.63) is 48.0 Å². The van der Waals surface area contributed by atoms with Crippen molar-refractivity contribution in [2.75, 3.05) is 0 Å². The highest BCUT2D eigenvalue weighted by molar-refractivity contribution is 5.99. The molecule has 0 fully saturated rings. The molecule has 1 aromatic carbocycles. The monoisotopic (exact) mass is 322 g/mol. The van der Waals surface area contributed by atoms with Crippen molar-refractivity contribution in [1.82, 2.24) is 0 Å². The number of hydrogen-bond donors (Lipinski definition) is 0. The van der Waals surface area contributed by atoms with Gasteiger partial charge in [0.15, 0.2) is 0 Å². The Balaban J connectivity index is 0. The van der Waals surface area contributed by atoms with Crippen LogP contribution in [0.1, 0.15) is 40.5 Å². The van der Waals surface area contributed by atoms with Crippen LogP contribution in [0.5, 0.6) is 0 Å². The van der Waals surface area contributed by atoms with Crippen LogP contribution in [-0.2, 0) is 9.59 Å². The first-order chi connectivity index (χ1) is 10.7. The summed E-state index contributed by atoms with van der Waals surface area (Å²) in [5.41, 5.74) is -0.727. The largest absolute Gasteiger partial charge is 0.550 e. The molecule has 0 radical (unpaired) electrons. The number of aromatic carboxylic acids is 2. The Hall–Kier alpha value is -3.16. The van der Waals surface area contributed by atoms with Gasteiger partial charge in [-0.3, -0.25) is 0 Å². The number of allylic oxidation sites excluding steroid dienone is 1. The van der Waals surface area contributed by atoms with E-state index in [-0.39, 0.29) is 11.1 Å². The minimum absolute atomic E-state index is 0.363. The summed E-state index contributed by atoms with van der Waals surface area (Å²) < 4.78 is 0. The highest BCUT2D eigenvalue weighted by atomic mass is 16.4. The average Bonchev–Trinajstić information content (AvgIpc) is 2.46. The molecular formula is C15H14O8-4. The summed E-state index contributed by atoms with van der Waals surface area (Å²) in [4.78, 5) is 39.7. The quantitative estimate of drug-likeness (QED) is 0.514. The van der Waals surface area contributed by atoms with Gasteiger partial charge in [-0.1, -0.05) is 30.3 Å². The molecule has 0 heterocycles. The molecule has 0 aliphatic carbocycles. The lowest BCUT2D eigenvalue weighted by molar-refractivity contribution is -0.315. The lowest BCUT2D eigenvalue weighted by Crippen LogP contribution is -2.29. The lowest BCUT2D eigenvalue weighted by Gasteiger charge is -2.09. The van der Waals surface area contributed by atoms with Crippen molar-refractivity contribution in [3.8, 4) is 0 Å². The third kappa shape index (κ3) is 12.3. The van der Waals surface area contributed by atoms with Gasteiger partial charge in [0.25, 0.3) is 0 Å². The second-order valence-corrected chi connectivity index (χ2v) is 3.77. The Kier molecular flexibility index (Phi) is 12.1. The topological polar surface area (TPSA) is 161 Å². The number of carbonyl (C=O) groups is 4. The van der Waals surface area contributed by atoms with Crippen LogP contribution in [0.15, 0.2) is 36.9 Å². The molecule has 1 aromatic rings. The van der Waals surface area contributed by atoms with Gasteiger partial charge >= 0.3 is 0 Å². The Morgan fingerprint density at radius 2 is 1.13 bits per heavy atom. The van der Waals surface area contributed by atoms with E-state index < -0.39 is 36.7 Å². The van der Waals surface area contributed by atoms with Gasteiger partial charge < -0.3 is 39.6 Å². The highest BCUT2D eigenvalue weighted by Gasteiger charge is 2.01. The molecule has 0 aliphatic heterocycles. The van der Waals surface area contributed by atoms with E-state index >= 15 is 0 Å². The summed E-state index contributed by atoms with van der Waals surface area (Å²) in [6.07, 6.45) is 0.810. The van der Waals surface area contributed by atoms with E-state index in [0.717, 1.165) is 12.1 Å². The smallest absolute Gasteiger partial charge is 0.0721 e. The number of rotatable bonds is 5. The van der Waals surface area contributed by atoms with E-state index in [0.29, 0.717) is 0 Å². The van der Waals surface area contributed by atoms with E-state index in [1.807, 2.05) is 6.92 Å². The number of benzene rings is 1. The van der Waals surface area contributed by atoms with Crippen LogP contribution in [0.25, 0.3) is 0 Å². The zero-order valence-electron chi connectivity index (χ0n) is 12.3. The van der Waals surface area contributed by atoms with Crippen molar-refractivity contribution in [1.29, 1.82) is 0 Å². The van der Waals surface area contributed by atoms with Crippen molar-refractivity contribution in [2.24, 2.45) is 0 Å². The Labute approximate surface area is 132 Å². The van der Waals surface area contributed by atoms with Crippen LogP contribution < -0.4 is 20.4 Å². The van der Waals surface area contributed by atoms with Gasteiger partial charge in [0.2, 0.25) is 0 Å². The van der Waals surface area contributed by atoms with Crippen LogP contribution in [0.2, 0.25) is 0 Å². The summed E-state index contributed by atoms with van der Waals surface area (Å²) in [7, 11) is 0. The van der Waals surface area contributed by atoms with E-state index in [4.69, 9.17) is 0 Å². The van der Waals surface area contributed by atoms with E-state index in [1.54, 1.807) is 6.08 Å². The molecule has 126 valence electrons. The summed E-state index contributed by atoms with van der Waals surface area (Å²) in [6, 6.07) is 5.14. The molecule has 23 heavy (non-hydrogen) atoms. The first-order valence-corrected chi connectivity index (χ1v) is 6.15. The van der Waals surface area contributed by atoms with E-state index in [1.165, 1.54) is 12.1 Å². The van der Waals surface area contributed by atoms with Gasteiger partial charge in [0, 0.05) is 23.1 Å². The third-order valence-corrected chi connectivity index (χ3v) is 1.90. The molecule has 0 unspecified atom stereocenters. The molecule has 0 N–H and O–H groups in total. The lowest BCUT2D eigenvalue weighted by atomic mass is 10.1. The van der Waals surface area contributed by atoms with Crippen LogP contribution >= 0.6 is 0 Å². The van der Waals surface area contributed by atoms with Crippen molar-refractivity contribution < 1.29 is 39.6 Å². The molecule has 1 rings (SSSR count). The molecule has 0 atom stereocenters. The maximum atomic E-state index is 10.3. The van der Waals surface area contributed by atoms with Gasteiger partial charge in [0.05, 0.1) is 11.9 Å². The van der Waals surface area contributed by atoms with Gasteiger partial charge in [0.1, 0.15) is 0 Å². The van der Waals surface area contributed by atoms with Gasteiger partial charge in [-0.15, -0.1) is 6.58 Å². The second kappa shape index (κ2) is 12.6. The molecule has 0 amide bonds. The SMILES string of the molecule is C=CC.O=C([O-])CCC(=O)[O-].O=C([O-])c1ccccc1C(=O)[O-]. The van der Waals surface area contributed by atoms with Gasteiger partial charge in [-0.2, -0.15) is 0 Å². The molecule has 0 aliphatic rings. The first kappa shape index (κ1) is 22.1. The highest BCUT2D eigenvalue weighted by Crippen LogP contribution is 2.05. The zero-order valence-corrected chi connectivity index (χ0v) is 12.3. The van der Waals surface area contributed by atoms with E-state index in [2.05, 4.69) is 6.58 Å². The minimum Gasteiger partial charge on any atom is -0.550 e. The van der Waals surface area contributed by atoms with Crippen LogP contribution in [0.3, 0.4) is 0 Å². The Bertz CT molecular complexity index is 515. The second-order valence-electron chi connectivity index (χ2n) is 3.77. The third-order valence-electron chi connectivity index (χ3n) is 1.90. The van der Waals surface area contributed by atoms with Crippen LogP contribution in [-0.4, -0.2) is 23.9 Å². The summed E-state index contributed by atoms with van der Waals surface area (Å²) in [6.45, 7) is 5.25. The number of hydrogen-bond acceptors (Lipinski definition) is 8. The average molecular weight is 322 g/mol. The summed E-state index contributed by atoms with van der Waals surface area (Å²) in [5, 5.41) is 39.7. The maximum absolute atomic E-state index is 10.3. The van der Waals surface area contributed by atoms with Crippen molar-refractivity contribution in [3.63, 3.8) is 0 Å². The summed E-state index contributed by atoms with van der Waals surface area (Å²) >= 11 is 0. The van der Waals surface area contributed by atoms with Crippen molar-refractivity contribution >= 4 is 23.9 Å². The first-order valence-electron chi connectivity index (χ1n) is 6.15. The maximum Gasteiger partial charge on any atom is 0.0721 e. The summed E-state index contributed by atoms with van der Waals surface area (Å²) in [5.74, 6) is -5.77. The Morgan fingerprint density at radius 1 is 0.870 bits per heavy atom. The van der Waals surface area contributed by atoms with Gasteiger partial charge in [-0.05, 0) is 19.8 Å². The molecular weight excluding hydrogens is 308 g/mol. The Morgan fingerprint density at radius 3 is 1.30 bits per heavy atom. The zero-order chi connectivity index (χ0) is 18.4. The minimum atomic E-state index is -1.52. The molecule has 0 spiro atoms. The molecule has 8 heteroatoms. The molecule has 0 bridgehead atoms. The molecule has 0 saturated carbocycles. The standard InChI is InChI=1S/C8H6O4.C4H6O4.C3H6/c9-7(10)5-3-1-2-4-6(5)8(11)12;5-3(6)1-2-4(7)8;1-3-2/h1-4H,(H,9,10)(H,11,12);1-2H2,(H,5,6)(H,7,8);3H,1H2,2H3/p-4. The number of carbonyl (C=O) groups excluding carboxylic acids is 4. The fourth-order valence-corrected chi connectivity index (χ4v) is 1.04. The van der Waals surface area contributed by atoms with E-state index in [9.17, 15) is 39.6 Å². The predicted octanol–water partition coefficient (Wildman–Crippen LogP) is -3.13. The number of carboxylic acid groups (broad SMARTS) is 4. The fraction of sp³-hybridized carbons (Fsp3) is 0.200. The van der Waals surface area contributed by atoms with Crippen LogP contribution in [0, 0.1) is 0 Å². The molecule has 0 aromatic heterocycles.